The van der Waals surface area contributed by atoms with E-state index in [1.165, 1.54) is 0 Å². The van der Waals surface area contributed by atoms with Gasteiger partial charge in [0, 0.05) is 33.7 Å². The van der Waals surface area contributed by atoms with Crippen LogP contribution in [0.2, 0.25) is 0 Å². The van der Waals surface area contributed by atoms with E-state index in [-0.39, 0.29) is 12.4 Å². The number of Topliss-reactive ketones (excluding diaryl/α,β-unsaturated/α-hetero) is 1. The molecule has 1 atom stereocenters. The van der Waals surface area contributed by atoms with E-state index < -0.39 is 16.8 Å². The number of rotatable bonds is 7. The number of para-hydroxylation sites is 1. The maximum Gasteiger partial charge on any atom is 0.338 e. The molecule has 6 heteroatoms. The van der Waals surface area contributed by atoms with E-state index in [1.54, 1.807) is 30.5 Å². The molecule has 1 heterocycles. The maximum atomic E-state index is 13.1. The predicted molar refractivity (Wildman–Crippen MR) is 123 cm³/mol. The molecule has 0 aliphatic rings. The summed E-state index contributed by atoms with van der Waals surface area (Å²) in [5.74, 6) is -0.510. The van der Waals surface area contributed by atoms with Gasteiger partial charge in [-0.05, 0) is 29.3 Å². The fraction of sp³-hybridized carbons (Fsp3) is 0.120. The van der Waals surface area contributed by atoms with Gasteiger partial charge >= 0.3 is 5.97 Å². The molecule has 0 spiro atoms. The lowest BCUT2D eigenvalue weighted by Crippen LogP contribution is -2.15. The summed E-state index contributed by atoms with van der Waals surface area (Å²) in [5.41, 5.74) is 4.05. The van der Waals surface area contributed by atoms with Gasteiger partial charge in [0.25, 0.3) is 0 Å². The van der Waals surface area contributed by atoms with Crippen LogP contribution in [0.1, 0.15) is 26.3 Å². The number of hydrogen-bond acceptors (Lipinski definition) is 4. The SMILES string of the molecule is CS(=O)Cc1cccc(C(=O)OCC(=O)c2c(-c3ccccc3)[nH]c3ccccc23)c1. The third-order valence-corrected chi connectivity index (χ3v) is 5.65. The Hall–Kier alpha value is -3.51. The average Bonchev–Trinajstić information content (AvgIpc) is 3.17. The smallest absolute Gasteiger partial charge is 0.338 e. The number of ketones is 1. The molecular weight excluding hydrogens is 410 g/mol. The van der Waals surface area contributed by atoms with E-state index in [0.717, 1.165) is 22.0 Å². The van der Waals surface area contributed by atoms with Crippen molar-refractivity contribution >= 4 is 33.5 Å². The Balaban J connectivity index is 1.58. The molecule has 1 aromatic heterocycles. The lowest BCUT2D eigenvalue weighted by Gasteiger charge is -2.07. The number of benzene rings is 3. The van der Waals surface area contributed by atoms with Gasteiger partial charge in [0.15, 0.2) is 6.61 Å². The van der Waals surface area contributed by atoms with Crippen LogP contribution in [0.4, 0.5) is 0 Å². The van der Waals surface area contributed by atoms with Crippen molar-refractivity contribution in [1.29, 1.82) is 0 Å². The van der Waals surface area contributed by atoms with Gasteiger partial charge in [-0.2, -0.15) is 0 Å². The Morgan fingerprint density at radius 1 is 0.935 bits per heavy atom. The molecule has 0 aliphatic heterocycles. The molecule has 31 heavy (non-hydrogen) atoms. The summed E-state index contributed by atoms with van der Waals surface area (Å²) in [7, 11) is -1.01. The van der Waals surface area contributed by atoms with Crippen LogP contribution in [0.15, 0.2) is 78.9 Å². The monoisotopic (exact) mass is 431 g/mol. The number of fused-ring (bicyclic) bond motifs is 1. The van der Waals surface area contributed by atoms with Crippen molar-refractivity contribution in [2.45, 2.75) is 5.75 Å². The van der Waals surface area contributed by atoms with Crippen LogP contribution >= 0.6 is 0 Å². The molecule has 0 bridgehead atoms. The van der Waals surface area contributed by atoms with Crippen LogP contribution in [0.5, 0.6) is 0 Å². The number of nitrogens with one attached hydrogen (secondary N) is 1. The number of esters is 1. The second kappa shape index (κ2) is 9.10. The molecule has 3 aromatic carbocycles. The largest absolute Gasteiger partial charge is 0.454 e. The molecule has 0 fully saturated rings. The Morgan fingerprint density at radius 3 is 2.45 bits per heavy atom. The zero-order valence-electron chi connectivity index (χ0n) is 17.0. The zero-order chi connectivity index (χ0) is 21.8. The van der Waals surface area contributed by atoms with Gasteiger partial charge in [0.1, 0.15) is 0 Å². The highest BCUT2D eigenvalue weighted by molar-refractivity contribution is 7.83. The Kier molecular flexibility index (Phi) is 6.09. The van der Waals surface area contributed by atoms with Crippen LogP contribution in [0.25, 0.3) is 22.2 Å². The first-order valence-electron chi connectivity index (χ1n) is 9.78. The minimum atomic E-state index is -1.01. The highest BCUT2D eigenvalue weighted by Crippen LogP contribution is 2.30. The summed E-state index contributed by atoms with van der Waals surface area (Å²) in [6, 6.07) is 23.9. The van der Waals surface area contributed by atoms with Gasteiger partial charge in [-0.3, -0.25) is 9.00 Å². The van der Waals surface area contributed by atoms with Crippen molar-refractivity contribution in [3.63, 3.8) is 0 Å². The van der Waals surface area contributed by atoms with Gasteiger partial charge in [-0.1, -0.05) is 60.7 Å². The van der Waals surface area contributed by atoms with Crippen molar-refractivity contribution in [2.75, 3.05) is 12.9 Å². The number of aromatic amines is 1. The van der Waals surface area contributed by atoms with Crippen molar-refractivity contribution < 1.29 is 18.5 Å². The van der Waals surface area contributed by atoms with E-state index in [9.17, 15) is 13.8 Å². The number of carbonyl (C=O) groups excluding carboxylic acids is 2. The fourth-order valence-electron chi connectivity index (χ4n) is 3.56. The molecule has 0 aliphatic carbocycles. The number of ether oxygens (including phenoxy) is 1. The third kappa shape index (κ3) is 4.64. The molecule has 0 amide bonds. The maximum absolute atomic E-state index is 13.1. The Labute approximate surface area is 182 Å². The molecular formula is C25H21NO4S. The molecule has 1 unspecified atom stereocenters. The van der Waals surface area contributed by atoms with Gasteiger partial charge in [-0.15, -0.1) is 0 Å². The quantitative estimate of drug-likeness (QED) is 0.338. The minimum Gasteiger partial charge on any atom is -0.454 e. The summed E-state index contributed by atoms with van der Waals surface area (Å²) < 4.78 is 16.8. The predicted octanol–water partition coefficient (Wildman–Crippen LogP) is 4.75. The van der Waals surface area contributed by atoms with Crippen LogP contribution < -0.4 is 0 Å². The zero-order valence-corrected chi connectivity index (χ0v) is 17.8. The normalized spacial score (nSPS) is 11.9. The standard InChI is InChI=1S/C25H21NO4S/c1-31(29)16-17-8-7-11-19(14-17)25(28)30-15-22(27)23-20-12-5-6-13-21(20)26-24(23)18-9-3-2-4-10-18/h2-14,26H,15-16H2,1H3. The van der Waals surface area contributed by atoms with Gasteiger partial charge in [0.05, 0.1) is 16.8 Å². The lowest BCUT2D eigenvalue weighted by atomic mass is 10.0. The second-order valence-corrected chi connectivity index (χ2v) is 8.64. The highest BCUT2D eigenvalue weighted by atomic mass is 32.2. The lowest BCUT2D eigenvalue weighted by molar-refractivity contribution is 0.0475. The number of hydrogen-bond donors (Lipinski definition) is 1. The molecule has 4 rings (SSSR count). The summed E-state index contributed by atoms with van der Waals surface area (Å²) in [6.07, 6.45) is 1.61. The molecule has 0 radical (unpaired) electrons. The van der Waals surface area contributed by atoms with E-state index in [1.807, 2.05) is 54.6 Å². The summed E-state index contributed by atoms with van der Waals surface area (Å²) in [4.78, 5) is 29.0. The number of H-pyrrole nitrogens is 1. The second-order valence-electron chi connectivity index (χ2n) is 7.20. The Bertz CT molecular complexity index is 1280. The highest BCUT2D eigenvalue weighted by Gasteiger charge is 2.21. The van der Waals surface area contributed by atoms with Gasteiger partial charge in [0.2, 0.25) is 5.78 Å². The van der Waals surface area contributed by atoms with Crippen LogP contribution in [-0.2, 0) is 21.3 Å². The van der Waals surface area contributed by atoms with Crippen molar-refractivity contribution in [1.82, 2.24) is 4.98 Å². The van der Waals surface area contributed by atoms with Crippen LogP contribution in [0.3, 0.4) is 0 Å². The molecule has 156 valence electrons. The molecule has 0 saturated heterocycles. The molecule has 1 N–H and O–H groups in total. The van der Waals surface area contributed by atoms with Crippen molar-refractivity contribution in [2.24, 2.45) is 0 Å². The molecule has 0 saturated carbocycles. The molecule has 4 aromatic rings. The molecule has 5 nitrogen and oxygen atoms in total. The van der Waals surface area contributed by atoms with E-state index >= 15 is 0 Å². The Morgan fingerprint density at radius 2 is 1.68 bits per heavy atom. The van der Waals surface area contributed by atoms with Gasteiger partial charge < -0.3 is 9.72 Å². The van der Waals surface area contributed by atoms with E-state index in [4.69, 9.17) is 4.74 Å². The minimum absolute atomic E-state index is 0.282. The summed E-state index contributed by atoms with van der Waals surface area (Å²) in [5, 5.41) is 0.787. The number of carbonyl (C=O) groups is 2. The fourth-order valence-corrected chi connectivity index (χ4v) is 4.21. The average molecular weight is 432 g/mol. The third-order valence-electron chi connectivity index (χ3n) is 4.91. The number of aromatic nitrogens is 1. The van der Waals surface area contributed by atoms with Crippen LogP contribution in [-0.4, -0.2) is 33.8 Å². The summed E-state index contributed by atoms with van der Waals surface area (Å²) >= 11 is 0. The first-order chi connectivity index (χ1) is 15.0. The van der Waals surface area contributed by atoms with E-state index in [0.29, 0.717) is 22.6 Å². The van der Waals surface area contributed by atoms with E-state index in [2.05, 4.69) is 4.98 Å². The van der Waals surface area contributed by atoms with Crippen LogP contribution in [0, 0.1) is 0 Å². The van der Waals surface area contributed by atoms with Crippen molar-refractivity contribution in [3.8, 4) is 11.3 Å². The summed E-state index contributed by atoms with van der Waals surface area (Å²) in [6.45, 7) is -0.371. The first-order valence-corrected chi connectivity index (χ1v) is 11.5. The topological polar surface area (TPSA) is 76.2 Å². The first kappa shape index (κ1) is 20.8. The van der Waals surface area contributed by atoms with Crippen molar-refractivity contribution in [3.05, 3.63) is 95.6 Å². The van der Waals surface area contributed by atoms with Gasteiger partial charge in [-0.25, -0.2) is 4.79 Å².